The van der Waals surface area contributed by atoms with Gasteiger partial charge in [0.2, 0.25) is 0 Å². The summed E-state index contributed by atoms with van der Waals surface area (Å²) in [6.45, 7) is 14.5. The Morgan fingerprint density at radius 3 is 0.660 bits per heavy atom. The van der Waals surface area contributed by atoms with Crippen molar-refractivity contribution < 1.29 is 82.4 Å². The van der Waals surface area contributed by atoms with Crippen LogP contribution in [0.15, 0.2) is 75.9 Å². The molecule has 0 aromatic heterocycles. The molecule has 0 unspecified atom stereocenters. The highest BCUT2D eigenvalue weighted by Gasteiger charge is 2.40. The maximum Gasteiger partial charge on any atom is 0.330 e. The normalized spacial score (nSPS) is 10.8. The Morgan fingerprint density at radius 2 is 0.540 bits per heavy atom. The Balaban J connectivity index is 0. The molecule has 0 saturated carbocycles. The van der Waals surface area contributed by atoms with E-state index in [1.165, 1.54) is 0 Å². The third-order valence-corrected chi connectivity index (χ3v) is 6.28. The summed E-state index contributed by atoms with van der Waals surface area (Å²) in [6, 6.07) is 0. The van der Waals surface area contributed by atoms with E-state index in [0.717, 1.165) is 36.5 Å². The summed E-state index contributed by atoms with van der Waals surface area (Å²) in [6.07, 6.45) is 5.32. The molecule has 0 atom stereocenters. The first-order valence-electron chi connectivity index (χ1n) is 14.4. The molecule has 0 rings (SSSR count). The van der Waals surface area contributed by atoms with Gasteiger partial charge in [-0.15, -0.1) is 0 Å². The predicted molar refractivity (Wildman–Crippen MR) is 173 cm³/mol. The highest BCUT2D eigenvalue weighted by Crippen LogP contribution is 2.26. The molecule has 0 saturated heterocycles. The summed E-state index contributed by atoms with van der Waals surface area (Å²) in [5, 5.41) is 34.0. The van der Waals surface area contributed by atoms with Crippen molar-refractivity contribution in [2.75, 3.05) is 79.3 Å². The Morgan fingerprint density at radius 1 is 0.360 bits per heavy atom. The van der Waals surface area contributed by atoms with Crippen LogP contribution in [0.2, 0.25) is 0 Å². The molecule has 0 amide bonds. The maximum absolute atomic E-state index is 11.8. The van der Waals surface area contributed by atoms with Crippen LogP contribution in [0.5, 0.6) is 0 Å². The van der Waals surface area contributed by atoms with Crippen molar-refractivity contribution in [3.63, 3.8) is 0 Å². The van der Waals surface area contributed by atoms with Crippen molar-refractivity contribution >= 4 is 35.8 Å². The fourth-order valence-electron chi connectivity index (χ4n) is 2.98. The van der Waals surface area contributed by atoms with E-state index in [4.69, 9.17) is 53.6 Å². The Bertz CT molecular complexity index is 968. The number of carbonyl (C=O) groups is 6. The van der Waals surface area contributed by atoms with Crippen molar-refractivity contribution in [3.8, 4) is 0 Å². The molecule has 0 fully saturated rings. The predicted octanol–water partition coefficient (Wildman–Crippen LogP) is -0.707. The summed E-state index contributed by atoms with van der Waals surface area (Å²) in [7, 11) is 0. The van der Waals surface area contributed by atoms with E-state index in [0.29, 0.717) is 0 Å². The highest BCUT2D eigenvalue weighted by molar-refractivity contribution is 5.83. The van der Waals surface area contributed by atoms with Crippen LogP contribution >= 0.6 is 0 Å². The van der Waals surface area contributed by atoms with Crippen LogP contribution in [0.3, 0.4) is 0 Å². The first-order valence-corrected chi connectivity index (χ1v) is 14.4. The summed E-state index contributed by atoms with van der Waals surface area (Å²) in [4.78, 5) is 70.9. The number of esters is 6. The second-order valence-electron chi connectivity index (χ2n) is 10.5. The first-order chi connectivity index (χ1) is 23.7. The fourth-order valence-corrected chi connectivity index (χ4v) is 2.98. The smallest absolute Gasteiger partial charge is 0.330 e. The second-order valence-corrected chi connectivity index (χ2v) is 10.5. The van der Waals surface area contributed by atoms with E-state index in [-0.39, 0.29) is 0 Å². The summed E-state index contributed by atoms with van der Waals surface area (Å²) in [5.74, 6) is -5.01. The molecule has 17 heteroatoms. The van der Waals surface area contributed by atoms with Gasteiger partial charge in [0.05, 0.1) is 55.9 Å². The molecule has 0 heterocycles. The molecule has 0 aliphatic heterocycles. The van der Waals surface area contributed by atoms with Crippen molar-refractivity contribution in [2.45, 2.75) is 0 Å². The van der Waals surface area contributed by atoms with E-state index in [1.54, 1.807) is 0 Å². The van der Waals surface area contributed by atoms with E-state index in [9.17, 15) is 28.8 Å². The molecule has 0 aliphatic rings. The van der Waals surface area contributed by atoms with Gasteiger partial charge in [0, 0.05) is 36.5 Å². The van der Waals surface area contributed by atoms with Crippen molar-refractivity contribution in [1.29, 1.82) is 0 Å². The van der Waals surface area contributed by atoms with Crippen LogP contribution in [0.25, 0.3) is 0 Å². The number of aliphatic hydroxyl groups excluding tert-OH is 4. The molecular formula is C33H46O17. The van der Waals surface area contributed by atoms with Gasteiger partial charge in [-0.1, -0.05) is 39.5 Å². The monoisotopic (exact) mass is 714 g/mol. The van der Waals surface area contributed by atoms with Crippen LogP contribution in [0, 0.1) is 16.2 Å². The zero-order valence-corrected chi connectivity index (χ0v) is 27.8. The standard InChI is InChI=1S/C28H34O13.C5H12O4/c1-7-21(29)36-15-27(16-37-22(30)8-2,17-38-23(31)9-3)13-35-14-28(18-39-24(32)10-4,19-40-25(33)11-5)20-41-26(34)12-6;6-1-5(2-7,3-8)4-9/h7-12H,1-6,13-20H2;6-9H,1-4H2. The topological polar surface area (TPSA) is 248 Å². The quantitative estimate of drug-likeness (QED) is 0.0491. The minimum absolute atomic E-state index is 0.406. The lowest BCUT2D eigenvalue weighted by molar-refractivity contribution is -0.169. The number of aliphatic hydroxyl groups is 4. The zero-order valence-electron chi connectivity index (χ0n) is 27.8. The molecule has 17 nitrogen and oxygen atoms in total. The third-order valence-electron chi connectivity index (χ3n) is 6.28. The average molecular weight is 715 g/mol. The van der Waals surface area contributed by atoms with Crippen LogP contribution < -0.4 is 0 Å². The maximum atomic E-state index is 11.8. The largest absolute Gasteiger partial charge is 0.462 e. The van der Waals surface area contributed by atoms with Gasteiger partial charge in [-0.05, 0) is 0 Å². The molecular weight excluding hydrogens is 668 g/mol. The van der Waals surface area contributed by atoms with E-state index in [2.05, 4.69) is 39.5 Å². The molecule has 4 N–H and O–H groups in total. The van der Waals surface area contributed by atoms with Crippen molar-refractivity contribution in [3.05, 3.63) is 75.9 Å². The number of carbonyl (C=O) groups excluding carboxylic acids is 6. The first kappa shape index (κ1) is 47.2. The number of hydrogen-bond acceptors (Lipinski definition) is 17. The van der Waals surface area contributed by atoms with Crippen molar-refractivity contribution in [2.24, 2.45) is 16.2 Å². The van der Waals surface area contributed by atoms with Gasteiger partial charge in [-0.25, -0.2) is 28.8 Å². The molecule has 0 aliphatic carbocycles. The Hall–Kier alpha value is -4.94. The molecule has 50 heavy (non-hydrogen) atoms. The SMILES string of the molecule is C=CC(=O)OCC(COCC(COC(=O)C=C)(COC(=O)C=C)COC(=O)C=C)(COC(=O)C=C)COC(=O)C=C.OCC(CO)(CO)CO. The fraction of sp³-hybridized carbons (Fsp3) is 0.455. The van der Waals surface area contributed by atoms with Crippen LogP contribution in [0.4, 0.5) is 0 Å². The van der Waals surface area contributed by atoms with Gasteiger partial charge in [0.15, 0.2) is 0 Å². The zero-order chi connectivity index (χ0) is 38.6. The second kappa shape index (κ2) is 26.0. The van der Waals surface area contributed by atoms with Gasteiger partial charge in [-0.2, -0.15) is 0 Å². The van der Waals surface area contributed by atoms with Gasteiger partial charge in [-0.3, -0.25) is 0 Å². The van der Waals surface area contributed by atoms with Gasteiger partial charge >= 0.3 is 35.8 Å². The van der Waals surface area contributed by atoms with Crippen LogP contribution in [-0.2, 0) is 61.9 Å². The number of hydrogen-bond donors (Lipinski definition) is 4. The Labute approximate surface area is 289 Å². The summed E-state index contributed by atoms with van der Waals surface area (Å²) in [5.41, 5.74) is -4.09. The number of ether oxygens (including phenoxy) is 7. The molecule has 0 aromatic carbocycles. The highest BCUT2D eigenvalue weighted by atomic mass is 16.6. The minimum Gasteiger partial charge on any atom is -0.462 e. The lowest BCUT2D eigenvalue weighted by atomic mass is 9.90. The Kier molecular flexibility index (Phi) is 24.5. The summed E-state index contributed by atoms with van der Waals surface area (Å²) < 4.78 is 36.7. The molecule has 280 valence electrons. The van der Waals surface area contributed by atoms with E-state index >= 15 is 0 Å². The van der Waals surface area contributed by atoms with Gasteiger partial charge in [0.25, 0.3) is 0 Å². The van der Waals surface area contributed by atoms with Crippen LogP contribution in [-0.4, -0.2) is 136 Å². The van der Waals surface area contributed by atoms with Crippen molar-refractivity contribution in [1.82, 2.24) is 0 Å². The molecule has 0 bridgehead atoms. The lowest BCUT2D eigenvalue weighted by Crippen LogP contribution is -2.47. The molecule has 0 radical (unpaired) electrons. The summed E-state index contributed by atoms with van der Waals surface area (Å²) >= 11 is 0. The van der Waals surface area contributed by atoms with E-state index in [1.807, 2.05) is 0 Å². The minimum atomic E-state index is -1.49. The van der Waals surface area contributed by atoms with Gasteiger partial charge in [0.1, 0.15) is 39.6 Å². The third kappa shape index (κ3) is 19.2. The van der Waals surface area contributed by atoms with Gasteiger partial charge < -0.3 is 53.6 Å². The average Bonchev–Trinajstić information content (AvgIpc) is 3.15. The molecule has 0 aromatic rings. The molecule has 0 spiro atoms. The van der Waals surface area contributed by atoms with E-state index < -0.39 is 131 Å². The number of rotatable bonds is 26. The van der Waals surface area contributed by atoms with Crippen LogP contribution in [0.1, 0.15) is 0 Å². The lowest BCUT2D eigenvalue weighted by Gasteiger charge is -2.35.